The Morgan fingerprint density at radius 3 is 3.05 bits per heavy atom. The lowest BCUT2D eigenvalue weighted by atomic mass is 10.1. The lowest BCUT2D eigenvalue weighted by Crippen LogP contribution is -2.22. The molecule has 0 saturated heterocycles. The van der Waals surface area contributed by atoms with E-state index in [0.717, 1.165) is 11.3 Å². The molecule has 1 atom stereocenters. The van der Waals surface area contributed by atoms with Gasteiger partial charge in [0.15, 0.2) is 0 Å². The van der Waals surface area contributed by atoms with Gasteiger partial charge in [0.05, 0.1) is 12.1 Å². The maximum atomic E-state index is 10.5. The summed E-state index contributed by atoms with van der Waals surface area (Å²) in [5, 5.41) is 22.8. The second-order valence-electron chi connectivity index (χ2n) is 4.17. The number of hydrogen-bond donors (Lipinski definition) is 2. The van der Waals surface area contributed by atoms with Crippen molar-refractivity contribution in [1.29, 1.82) is 0 Å². The van der Waals surface area contributed by atoms with Gasteiger partial charge in [-0.3, -0.25) is 4.79 Å². The van der Waals surface area contributed by atoms with E-state index in [4.69, 9.17) is 5.11 Å². The molecule has 0 bridgehead atoms. The fourth-order valence-corrected chi connectivity index (χ4v) is 1.73. The van der Waals surface area contributed by atoms with Gasteiger partial charge in [-0.1, -0.05) is 12.1 Å². The maximum absolute atomic E-state index is 10.5. The number of aromatic nitrogens is 4. The zero-order valence-corrected chi connectivity index (χ0v) is 10.5. The summed E-state index contributed by atoms with van der Waals surface area (Å²) in [6, 6.07) is 7.84. The molecule has 0 radical (unpaired) electrons. The number of nitrogens with zero attached hydrogens (tertiary/aromatic N) is 4. The highest BCUT2D eigenvalue weighted by Crippen LogP contribution is 2.15. The molecule has 100 valence electrons. The topological polar surface area (TPSA) is 92.9 Å². The number of hydrogen-bond acceptors (Lipinski definition) is 5. The molecule has 1 unspecified atom stereocenters. The molecule has 0 spiro atoms. The molecule has 0 aliphatic carbocycles. The summed E-state index contributed by atoms with van der Waals surface area (Å²) >= 11 is 0. The molecule has 7 nitrogen and oxygen atoms in total. The van der Waals surface area contributed by atoms with Gasteiger partial charge >= 0.3 is 5.97 Å². The lowest BCUT2D eigenvalue weighted by molar-refractivity contribution is -0.136. The molecule has 2 N–H and O–H groups in total. The molecule has 0 amide bonds. The van der Waals surface area contributed by atoms with Crippen LogP contribution in [0.3, 0.4) is 0 Å². The summed E-state index contributed by atoms with van der Waals surface area (Å²) in [6.07, 6.45) is 1.64. The highest BCUT2D eigenvalue weighted by molar-refractivity contribution is 5.66. The molecular formula is C12H15N5O2. The fourth-order valence-electron chi connectivity index (χ4n) is 1.73. The standard InChI is InChI=1S/C12H15N5O2/c1-9(13-6-5-12(18)19)10-3-2-4-11(7-10)17-8-14-15-16-17/h2-4,7-9,13H,5-6H2,1H3,(H,18,19). The van der Waals surface area contributed by atoms with E-state index in [0.29, 0.717) is 6.54 Å². The van der Waals surface area contributed by atoms with Crippen molar-refractivity contribution in [2.24, 2.45) is 0 Å². The van der Waals surface area contributed by atoms with Crippen molar-refractivity contribution in [1.82, 2.24) is 25.5 Å². The van der Waals surface area contributed by atoms with Crippen LogP contribution in [0.2, 0.25) is 0 Å². The lowest BCUT2D eigenvalue weighted by Gasteiger charge is -2.14. The Hall–Kier alpha value is -2.28. The van der Waals surface area contributed by atoms with Crippen LogP contribution in [0.5, 0.6) is 0 Å². The van der Waals surface area contributed by atoms with Crippen LogP contribution in [0.25, 0.3) is 5.69 Å². The number of carboxylic acids is 1. The van der Waals surface area contributed by atoms with E-state index in [9.17, 15) is 4.79 Å². The van der Waals surface area contributed by atoms with E-state index in [1.54, 1.807) is 4.68 Å². The minimum Gasteiger partial charge on any atom is -0.481 e. The van der Waals surface area contributed by atoms with Crippen LogP contribution in [0, 0.1) is 0 Å². The summed E-state index contributed by atoms with van der Waals surface area (Å²) < 4.78 is 1.58. The van der Waals surface area contributed by atoms with Gasteiger partial charge in [-0.25, -0.2) is 4.68 Å². The number of benzene rings is 1. The molecular weight excluding hydrogens is 246 g/mol. The molecule has 2 rings (SSSR count). The van der Waals surface area contributed by atoms with Gasteiger partial charge in [-0.05, 0) is 35.0 Å². The molecule has 0 aliphatic rings. The van der Waals surface area contributed by atoms with Crippen molar-refractivity contribution in [3.63, 3.8) is 0 Å². The van der Waals surface area contributed by atoms with Crippen molar-refractivity contribution >= 4 is 5.97 Å². The molecule has 1 aromatic heterocycles. The molecule has 1 aromatic carbocycles. The van der Waals surface area contributed by atoms with Gasteiger partial charge in [0.1, 0.15) is 6.33 Å². The van der Waals surface area contributed by atoms with Crippen LogP contribution >= 0.6 is 0 Å². The van der Waals surface area contributed by atoms with Crippen molar-refractivity contribution in [3.8, 4) is 5.69 Å². The Kier molecular flexibility index (Phi) is 4.19. The van der Waals surface area contributed by atoms with Gasteiger partial charge in [-0.2, -0.15) is 0 Å². The number of rotatable bonds is 6. The van der Waals surface area contributed by atoms with E-state index in [1.165, 1.54) is 6.33 Å². The number of carboxylic acid groups (broad SMARTS) is 1. The van der Waals surface area contributed by atoms with Gasteiger partial charge in [0.25, 0.3) is 0 Å². The summed E-state index contributed by atoms with van der Waals surface area (Å²) in [7, 11) is 0. The van der Waals surface area contributed by atoms with Crippen LogP contribution in [-0.2, 0) is 4.79 Å². The summed E-state index contributed by atoms with van der Waals surface area (Å²) in [4.78, 5) is 10.5. The monoisotopic (exact) mass is 261 g/mol. The first-order valence-electron chi connectivity index (χ1n) is 5.95. The Balaban J connectivity index is 2.04. The third-order valence-corrected chi connectivity index (χ3v) is 2.77. The second kappa shape index (κ2) is 6.05. The van der Waals surface area contributed by atoms with Gasteiger partial charge in [0.2, 0.25) is 0 Å². The van der Waals surface area contributed by atoms with Crippen LogP contribution in [0.15, 0.2) is 30.6 Å². The van der Waals surface area contributed by atoms with Crippen molar-refractivity contribution in [2.75, 3.05) is 6.54 Å². The Morgan fingerprint density at radius 1 is 1.53 bits per heavy atom. The van der Waals surface area contributed by atoms with Crippen LogP contribution in [0.1, 0.15) is 24.9 Å². The smallest absolute Gasteiger partial charge is 0.304 e. The quantitative estimate of drug-likeness (QED) is 0.798. The van der Waals surface area contributed by atoms with E-state index in [-0.39, 0.29) is 12.5 Å². The predicted molar refractivity (Wildman–Crippen MR) is 67.8 cm³/mol. The SMILES string of the molecule is CC(NCCC(=O)O)c1cccc(-n2cnnn2)c1. The first-order chi connectivity index (χ1) is 9.16. The third kappa shape index (κ3) is 3.59. The molecule has 7 heteroatoms. The number of tetrazole rings is 1. The van der Waals surface area contributed by atoms with E-state index in [1.807, 2.05) is 31.2 Å². The van der Waals surface area contributed by atoms with Crippen LogP contribution in [0.4, 0.5) is 0 Å². The number of nitrogens with one attached hydrogen (secondary N) is 1. The molecule has 0 aliphatic heterocycles. The Labute approximate surface area is 110 Å². The first-order valence-corrected chi connectivity index (χ1v) is 5.95. The zero-order valence-electron chi connectivity index (χ0n) is 10.5. The minimum absolute atomic E-state index is 0.0655. The second-order valence-corrected chi connectivity index (χ2v) is 4.17. The summed E-state index contributed by atoms with van der Waals surface area (Å²) in [5.41, 5.74) is 1.92. The largest absolute Gasteiger partial charge is 0.481 e. The fraction of sp³-hybridized carbons (Fsp3) is 0.333. The molecule has 0 fully saturated rings. The predicted octanol–water partition coefficient (Wildman–Crippen LogP) is 0.788. The molecule has 0 saturated carbocycles. The average Bonchev–Trinajstić information content (AvgIpc) is 2.92. The van der Waals surface area contributed by atoms with Gasteiger partial charge < -0.3 is 10.4 Å². The maximum Gasteiger partial charge on any atom is 0.304 e. The van der Waals surface area contributed by atoms with Crippen LogP contribution < -0.4 is 5.32 Å². The highest BCUT2D eigenvalue weighted by Gasteiger charge is 2.07. The third-order valence-electron chi connectivity index (χ3n) is 2.77. The molecule has 19 heavy (non-hydrogen) atoms. The van der Waals surface area contributed by atoms with Crippen molar-refractivity contribution in [3.05, 3.63) is 36.2 Å². The number of aliphatic carboxylic acids is 1. The highest BCUT2D eigenvalue weighted by atomic mass is 16.4. The van der Waals surface area contributed by atoms with Crippen molar-refractivity contribution in [2.45, 2.75) is 19.4 Å². The van der Waals surface area contributed by atoms with Crippen LogP contribution in [-0.4, -0.2) is 37.8 Å². The Morgan fingerprint density at radius 2 is 2.37 bits per heavy atom. The van der Waals surface area contributed by atoms with Gasteiger partial charge in [-0.15, -0.1) is 5.10 Å². The van der Waals surface area contributed by atoms with E-state index in [2.05, 4.69) is 20.8 Å². The molecule has 1 heterocycles. The van der Waals surface area contributed by atoms with Gasteiger partial charge in [0, 0.05) is 12.6 Å². The summed E-state index contributed by atoms with van der Waals surface area (Å²) in [5.74, 6) is -0.804. The minimum atomic E-state index is -0.804. The first kappa shape index (κ1) is 13.2. The normalized spacial score (nSPS) is 12.3. The zero-order chi connectivity index (χ0) is 13.7. The van der Waals surface area contributed by atoms with E-state index >= 15 is 0 Å². The molecule has 2 aromatic rings. The van der Waals surface area contributed by atoms with E-state index < -0.39 is 5.97 Å². The average molecular weight is 261 g/mol. The number of carbonyl (C=O) groups is 1. The summed E-state index contributed by atoms with van der Waals surface area (Å²) in [6.45, 7) is 2.42. The Bertz CT molecular complexity index is 541. The van der Waals surface area contributed by atoms with Crippen molar-refractivity contribution < 1.29 is 9.90 Å².